The fourth-order valence-electron chi connectivity index (χ4n) is 3.54. The third kappa shape index (κ3) is 5.90. The fourth-order valence-corrected chi connectivity index (χ4v) is 5.60. The van der Waals surface area contributed by atoms with E-state index in [4.69, 9.17) is 4.98 Å². The molecular formula is C25H25N3O3S2. The highest BCUT2D eigenvalue weighted by molar-refractivity contribution is 7.99. The number of thioether (sulfide) groups is 1. The molecule has 8 heteroatoms. The van der Waals surface area contributed by atoms with Crippen molar-refractivity contribution in [3.05, 3.63) is 101 Å². The lowest BCUT2D eigenvalue weighted by Crippen LogP contribution is -2.27. The van der Waals surface area contributed by atoms with Crippen molar-refractivity contribution >= 4 is 32.7 Å². The van der Waals surface area contributed by atoms with Gasteiger partial charge in [0.15, 0.2) is 5.16 Å². The summed E-state index contributed by atoms with van der Waals surface area (Å²) in [4.78, 5) is 18.1. The summed E-state index contributed by atoms with van der Waals surface area (Å²) in [5.74, 6) is 0.454. The van der Waals surface area contributed by atoms with E-state index in [0.29, 0.717) is 28.4 Å². The molecule has 170 valence electrons. The molecule has 0 aliphatic heterocycles. The van der Waals surface area contributed by atoms with Crippen LogP contribution in [0.1, 0.15) is 12.0 Å². The lowest BCUT2D eigenvalue weighted by Gasteiger charge is -2.13. The molecule has 0 amide bonds. The van der Waals surface area contributed by atoms with Crippen molar-refractivity contribution in [2.45, 2.75) is 29.4 Å². The Hall–Kier alpha value is -2.94. The highest BCUT2D eigenvalue weighted by Crippen LogP contribution is 2.18. The maximum absolute atomic E-state index is 13.2. The third-order valence-electron chi connectivity index (χ3n) is 5.20. The summed E-state index contributed by atoms with van der Waals surface area (Å²) in [7, 11) is -3.56. The Balaban J connectivity index is 1.47. The normalized spacial score (nSPS) is 11.6. The summed E-state index contributed by atoms with van der Waals surface area (Å²) in [5, 5.41) is 1.19. The molecule has 0 aliphatic carbocycles. The van der Waals surface area contributed by atoms with Crippen LogP contribution in [0.4, 0.5) is 0 Å². The van der Waals surface area contributed by atoms with Gasteiger partial charge in [-0.05, 0) is 42.7 Å². The standard InChI is InChI=1S/C25H25N3O3S2/c29-24-22-15-7-8-16-23(22)27-25(28(24)18-9-12-20-10-3-1-4-11-20)32-19-17-26-33(30,31)21-13-5-2-6-14-21/h1-8,10-11,13-16,26H,9,12,17-19H2. The molecule has 0 spiro atoms. The molecule has 3 aromatic carbocycles. The second-order valence-electron chi connectivity index (χ2n) is 7.52. The van der Waals surface area contributed by atoms with Crippen molar-refractivity contribution < 1.29 is 8.42 Å². The van der Waals surface area contributed by atoms with Gasteiger partial charge in [0, 0.05) is 18.8 Å². The second kappa shape index (κ2) is 10.8. The lowest BCUT2D eigenvalue weighted by atomic mass is 10.1. The molecule has 0 radical (unpaired) electrons. The number of sulfonamides is 1. The van der Waals surface area contributed by atoms with Crippen molar-refractivity contribution in [1.82, 2.24) is 14.3 Å². The van der Waals surface area contributed by atoms with E-state index in [1.165, 1.54) is 17.3 Å². The van der Waals surface area contributed by atoms with Crippen LogP contribution >= 0.6 is 11.8 Å². The molecule has 0 saturated heterocycles. The Morgan fingerprint density at radius 1 is 0.879 bits per heavy atom. The average Bonchev–Trinajstić information content (AvgIpc) is 2.85. The van der Waals surface area contributed by atoms with Gasteiger partial charge in [-0.25, -0.2) is 18.1 Å². The number of hydrogen-bond donors (Lipinski definition) is 1. The first-order valence-corrected chi connectivity index (χ1v) is 13.2. The van der Waals surface area contributed by atoms with Gasteiger partial charge in [0.25, 0.3) is 5.56 Å². The van der Waals surface area contributed by atoms with Crippen molar-refractivity contribution in [2.75, 3.05) is 12.3 Å². The number of benzene rings is 3. The minimum absolute atomic E-state index is 0.0685. The third-order valence-corrected chi connectivity index (χ3v) is 7.65. The number of hydrogen-bond acceptors (Lipinski definition) is 5. The minimum Gasteiger partial charge on any atom is -0.287 e. The maximum Gasteiger partial charge on any atom is 0.262 e. The first kappa shape index (κ1) is 23.2. The van der Waals surface area contributed by atoms with Crippen LogP contribution in [0, 0.1) is 0 Å². The summed E-state index contributed by atoms with van der Waals surface area (Å²) in [6, 6.07) is 25.8. The lowest BCUT2D eigenvalue weighted by molar-refractivity contribution is 0.563. The molecule has 1 aromatic heterocycles. The molecule has 4 aromatic rings. The Morgan fingerprint density at radius 3 is 2.30 bits per heavy atom. The molecule has 0 fully saturated rings. The number of para-hydroxylation sites is 1. The van der Waals surface area contributed by atoms with Gasteiger partial charge >= 0.3 is 0 Å². The molecule has 0 unspecified atom stereocenters. The van der Waals surface area contributed by atoms with E-state index < -0.39 is 10.0 Å². The highest BCUT2D eigenvalue weighted by atomic mass is 32.2. The minimum atomic E-state index is -3.56. The smallest absolute Gasteiger partial charge is 0.262 e. The summed E-state index contributed by atoms with van der Waals surface area (Å²) >= 11 is 1.38. The van der Waals surface area contributed by atoms with Crippen LogP contribution in [-0.2, 0) is 23.0 Å². The van der Waals surface area contributed by atoms with Gasteiger partial charge < -0.3 is 0 Å². The molecule has 0 saturated carbocycles. The van der Waals surface area contributed by atoms with Crippen LogP contribution in [-0.4, -0.2) is 30.3 Å². The highest BCUT2D eigenvalue weighted by Gasteiger charge is 2.14. The van der Waals surface area contributed by atoms with Crippen LogP contribution < -0.4 is 10.3 Å². The predicted molar refractivity (Wildman–Crippen MR) is 133 cm³/mol. The summed E-state index contributed by atoms with van der Waals surface area (Å²) in [6.45, 7) is 0.776. The number of fused-ring (bicyclic) bond motifs is 1. The van der Waals surface area contributed by atoms with Crippen molar-refractivity contribution in [3.63, 3.8) is 0 Å². The van der Waals surface area contributed by atoms with Gasteiger partial charge in [0.05, 0.1) is 15.8 Å². The van der Waals surface area contributed by atoms with Crippen LogP contribution in [0.25, 0.3) is 10.9 Å². The zero-order valence-corrected chi connectivity index (χ0v) is 19.7. The largest absolute Gasteiger partial charge is 0.287 e. The fraction of sp³-hybridized carbons (Fsp3) is 0.200. The van der Waals surface area contributed by atoms with E-state index in [0.717, 1.165) is 12.8 Å². The molecule has 0 aliphatic rings. The van der Waals surface area contributed by atoms with Gasteiger partial charge in [-0.2, -0.15) is 0 Å². The van der Waals surface area contributed by atoms with E-state index in [1.54, 1.807) is 41.0 Å². The van der Waals surface area contributed by atoms with E-state index in [9.17, 15) is 13.2 Å². The molecule has 0 atom stereocenters. The number of nitrogens with zero attached hydrogens (tertiary/aromatic N) is 2. The Morgan fingerprint density at radius 2 is 1.55 bits per heavy atom. The van der Waals surface area contributed by atoms with Crippen LogP contribution in [0.15, 0.2) is 99.8 Å². The van der Waals surface area contributed by atoms with Gasteiger partial charge in [0.1, 0.15) is 0 Å². The summed E-state index contributed by atoms with van der Waals surface area (Å²) in [6.07, 6.45) is 1.67. The van der Waals surface area contributed by atoms with Gasteiger partial charge in [-0.3, -0.25) is 9.36 Å². The van der Waals surface area contributed by atoms with Gasteiger partial charge in [-0.1, -0.05) is 72.4 Å². The van der Waals surface area contributed by atoms with E-state index in [-0.39, 0.29) is 17.0 Å². The summed E-state index contributed by atoms with van der Waals surface area (Å²) in [5.41, 5.74) is 1.80. The second-order valence-corrected chi connectivity index (χ2v) is 10.3. The zero-order chi connectivity index (χ0) is 23.1. The first-order chi connectivity index (χ1) is 16.0. The quantitative estimate of drug-likeness (QED) is 0.210. The molecule has 33 heavy (non-hydrogen) atoms. The molecule has 6 nitrogen and oxygen atoms in total. The van der Waals surface area contributed by atoms with Crippen molar-refractivity contribution in [1.29, 1.82) is 0 Å². The van der Waals surface area contributed by atoms with E-state index >= 15 is 0 Å². The monoisotopic (exact) mass is 479 g/mol. The van der Waals surface area contributed by atoms with E-state index in [2.05, 4.69) is 16.9 Å². The van der Waals surface area contributed by atoms with Crippen LogP contribution in [0.5, 0.6) is 0 Å². The average molecular weight is 480 g/mol. The summed E-state index contributed by atoms with van der Waals surface area (Å²) < 4.78 is 29.2. The molecule has 0 bridgehead atoms. The number of rotatable bonds is 10. The zero-order valence-electron chi connectivity index (χ0n) is 18.1. The van der Waals surface area contributed by atoms with Crippen LogP contribution in [0.2, 0.25) is 0 Å². The maximum atomic E-state index is 13.2. The van der Waals surface area contributed by atoms with Crippen molar-refractivity contribution in [3.8, 4) is 0 Å². The Kier molecular flexibility index (Phi) is 7.59. The molecule has 1 heterocycles. The number of aromatic nitrogens is 2. The molecular weight excluding hydrogens is 454 g/mol. The number of aryl methyl sites for hydroxylation is 1. The number of nitrogens with one attached hydrogen (secondary N) is 1. The molecule has 1 N–H and O–H groups in total. The first-order valence-electron chi connectivity index (χ1n) is 10.8. The molecule has 4 rings (SSSR count). The topological polar surface area (TPSA) is 81.1 Å². The Bertz CT molecular complexity index is 1370. The SMILES string of the molecule is O=c1c2ccccc2nc(SCCNS(=O)(=O)c2ccccc2)n1CCCc1ccccc1. The predicted octanol–water partition coefficient (Wildman–Crippen LogP) is 4.10. The van der Waals surface area contributed by atoms with Gasteiger partial charge in [0.2, 0.25) is 10.0 Å². The van der Waals surface area contributed by atoms with E-state index in [1.807, 2.05) is 36.4 Å². The van der Waals surface area contributed by atoms with Gasteiger partial charge in [-0.15, -0.1) is 0 Å². The van der Waals surface area contributed by atoms with Crippen molar-refractivity contribution in [2.24, 2.45) is 0 Å². The van der Waals surface area contributed by atoms with Crippen LogP contribution in [0.3, 0.4) is 0 Å². The Labute approximate surface area is 197 Å².